The molecule has 24 heavy (non-hydrogen) atoms. The number of urea groups is 1. The van der Waals surface area contributed by atoms with E-state index in [1.807, 2.05) is 55.1 Å². The average Bonchev–Trinajstić information content (AvgIpc) is 3.09. The summed E-state index contributed by atoms with van der Waals surface area (Å²) in [5, 5.41) is 5.50. The van der Waals surface area contributed by atoms with Crippen molar-refractivity contribution in [1.82, 2.24) is 20.2 Å². The number of nitrogens with zero attached hydrogens (tertiary/aromatic N) is 3. The van der Waals surface area contributed by atoms with E-state index < -0.39 is 6.04 Å². The predicted molar refractivity (Wildman–Crippen MR) is 90.4 cm³/mol. The summed E-state index contributed by atoms with van der Waals surface area (Å²) in [7, 11) is 1.86. The van der Waals surface area contributed by atoms with Crippen LogP contribution in [0.1, 0.15) is 19.2 Å². The third-order valence-electron chi connectivity index (χ3n) is 4.22. The molecule has 1 fully saturated rings. The minimum atomic E-state index is -0.512. The highest BCUT2D eigenvalue weighted by atomic mass is 16.2. The van der Waals surface area contributed by atoms with Gasteiger partial charge in [0.15, 0.2) is 0 Å². The summed E-state index contributed by atoms with van der Waals surface area (Å²) in [5.41, 5.74) is 0.854. The molecule has 3 rings (SSSR count). The van der Waals surface area contributed by atoms with Crippen LogP contribution in [0.4, 0.5) is 10.5 Å². The lowest BCUT2D eigenvalue weighted by atomic mass is 10.2. The highest BCUT2D eigenvalue weighted by molar-refractivity contribution is 6.01. The number of hydrogen-bond acceptors (Lipinski definition) is 3. The van der Waals surface area contributed by atoms with Gasteiger partial charge in [-0.2, -0.15) is 0 Å². The number of imidazole rings is 1. The van der Waals surface area contributed by atoms with Crippen molar-refractivity contribution in [2.75, 3.05) is 4.90 Å². The largest absolute Gasteiger partial charge is 0.337 e. The Morgan fingerprint density at radius 1 is 1.33 bits per heavy atom. The summed E-state index contributed by atoms with van der Waals surface area (Å²) in [4.78, 5) is 30.6. The van der Waals surface area contributed by atoms with Gasteiger partial charge in [0.05, 0.1) is 6.54 Å². The normalized spacial score (nSPS) is 20.2. The second-order valence-corrected chi connectivity index (χ2v) is 5.96. The average molecular weight is 327 g/mol. The van der Waals surface area contributed by atoms with E-state index in [-0.39, 0.29) is 18.0 Å². The van der Waals surface area contributed by atoms with Crippen LogP contribution in [-0.2, 0) is 18.4 Å². The third-order valence-corrected chi connectivity index (χ3v) is 4.22. The number of aryl methyl sites for hydroxylation is 1. The van der Waals surface area contributed by atoms with Gasteiger partial charge >= 0.3 is 6.03 Å². The highest BCUT2D eigenvalue weighted by Crippen LogP contribution is 2.26. The summed E-state index contributed by atoms with van der Waals surface area (Å²) < 4.78 is 1.83. The number of hydrogen-bond donors (Lipinski definition) is 2. The molecule has 3 amide bonds. The molecule has 2 heterocycles. The highest BCUT2D eigenvalue weighted by Gasteiger charge is 2.38. The van der Waals surface area contributed by atoms with Gasteiger partial charge in [-0.1, -0.05) is 18.2 Å². The molecule has 2 aromatic rings. The van der Waals surface area contributed by atoms with Gasteiger partial charge in [0.2, 0.25) is 5.91 Å². The fraction of sp³-hybridized carbons (Fsp3) is 0.353. The Kier molecular flexibility index (Phi) is 4.50. The van der Waals surface area contributed by atoms with Gasteiger partial charge in [-0.15, -0.1) is 0 Å². The number of carbonyl (C=O) groups excluding carboxylic acids is 2. The molecule has 0 radical (unpaired) electrons. The predicted octanol–water partition coefficient (Wildman–Crippen LogP) is 1.41. The lowest BCUT2D eigenvalue weighted by molar-refractivity contribution is -0.118. The van der Waals surface area contributed by atoms with Crippen molar-refractivity contribution in [2.24, 2.45) is 7.05 Å². The first-order valence-corrected chi connectivity index (χ1v) is 7.95. The van der Waals surface area contributed by atoms with Crippen molar-refractivity contribution >= 4 is 17.6 Å². The van der Waals surface area contributed by atoms with E-state index in [9.17, 15) is 9.59 Å². The number of aromatic nitrogens is 2. The molecule has 1 aromatic carbocycles. The van der Waals surface area contributed by atoms with Crippen molar-refractivity contribution in [3.05, 3.63) is 48.5 Å². The van der Waals surface area contributed by atoms with E-state index in [1.165, 1.54) is 0 Å². The van der Waals surface area contributed by atoms with Crippen LogP contribution >= 0.6 is 0 Å². The topological polar surface area (TPSA) is 79.3 Å². The van der Waals surface area contributed by atoms with Gasteiger partial charge < -0.3 is 20.1 Å². The quantitative estimate of drug-likeness (QED) is 0.891. The fourth-order valence-electron chi connectivity index (χ4n) is 2.96. The molecule has 0 spiro atoms. The Balaban J connectivity index is 1.59. The van der Waals surface area contributed by atoms with Gasteiger partial charge in [0.25, 0.3) is 0 Å². The van der Waals surface area contributed by atoms with Crippen molar-refractivity contribution < 1.29 is 9.59 Å². The summed E-state index contributed by atoms with van der Waals surface area (Å²) in [6, 6.07) is 8.68. The SMILES string of the molecule is C[C@H]1C[C@H](NC(=O)NCc2nccn2C)C(=O)N1c1ccccc1. The number of benzene rings is 1. The molecule has 0 unspecified atom stereocenters. The van der Waals surface area contributed by atoms with Crippen molar-refractivity contribution in [3.8, 4) is 0 Å². The Hall–Kier alpha value is -2.83. The van der Waals surface area contributed by atoms with Crippen LogP contribution in [0.3, 0.4) is 0 Å². The van der Waals surface area contributed by atoms with Crippen LogP contribution in [0.2, 0.25) is 0 Å². The third kappa shape index (κ3) is 3.24. The number of nitrogens with one attached hydrogen (secondary N) is 2. The summed E-state index contributed by atoms with van der Waals surface area (Å²) in [6.45, 7) is 2.30. The van der Waals surface area contributed by atoms with Gasteiger partial charge in [0.1, 0.15) is 11.9 Å². The van der Waals surface area contributed by atoms with Crippen molar-refractivity contribution in [1.29, 1.82) is 0 Å². The maximum absolute atomic E-state index is 12.6. The molecular weight excluding hydrogens is 306 g/mol. The molecule has 1 aliphatic rings. The molecule has 1 saturated heterocycles. The zero-order valence-corrected chi connectivity index (χ0v) is 13.8. The second kappa shape index (κ2) is 6.74. The lowest BCUT2D eigenvalue weighted by Gasteiger charge is -2.21. The number of amides is 3. The van der Waals surface area contributed by atoms with Crippen molar-refractivity contribution in [2.45, 2.75) is 32.0 Å². The second-order valence-electron chi connectivity index (χ2n) is 5.96. The Morgan fingerprint density at radius 3 is 2.75 bits per heavy atom. The van der Waals surface area contributed by atoms with Crippen LogP contribution in [0.5, 0.6) is 0 Å². The van der Waals surface area contributed by atoms with E-state index in [0.29, 0.717) is 13.0 Å². The molecule has 7 heteroatoms. The first-order valence-electron chi connectivity index (χ1n) is 7.95. The number of anilines is 1. The molecular formula is C17H21N5O2. The molecule has 1 aromatic heterocycles. The maximum Gasteiger partial charge on any atom is 0.315 e. The number of rotatable bonds is 4. The first kappa shape index (κ1) is 16.0. The van der Waals surface area contributed by atoms with Crippen LogP contribution in [0.15, 0.2) is 42.7 Å². The van der Waals surface area contributed by atoms with E-state index in [0.717, 1.165) is 11.5 Å². The zero-order valence-electron chi connectivity index (χ0n) is 13.8. The first-order chi connectivity index (χ1) is 11.6. The van der Waals surface area contributed by atoms with Gasteiger partial charge in [-0.25, -0.2) is 9.78 Å². The smallest absolute Gasteiger partial charge is 0.315 e. The number of carbonyl (C=O) groups is 2. The van der Waals surface area contributed by atoms with Crippen molar-refractivity contribution in [3.63, 3.8) is 0 Å². The van der Waals surface area contributed by atoms with Crippen LogP contribution in [0, 0.1) is 0 Å². The zero-order chi connectivity index (χ0) is 17.1. The standard InChI is InChI=1S/C17H21N5O2/c1-12-10-14(16(23)22(12)13-6-4-3-5-7-13)20-17(24)19-11-15-18-8-9-21(15)2/h3-9,12,14H,10-11H2,1-2H3,(H2,19,20,24)/t12-,14-/m0/s1. The number of para-hydroxylation sites is 1. The van der Waals surface area contributed by atoms with E-state index >= 15 is 0 Å². The summed E-state index contributed by atoms with van der Waals surface area (Å²) in [6.07, 6.45) is 4.08. The minimum Gasteiger partial charge on any atom is -0.337 e. The molecule has 126 valence electrons. The van der Waals surface area contributed by atoms with Gasteiger partial charge in [0, 0.05) is 31.2 Å². The molecule has 0 saturated carbocycles. The molecule has 0 aliphatic carbocycles. The molecule has 1 aliphatic heterocycles. The van der Waals surface area contributed by atoms with E-state index in [4.69, 9.17) is 0 Å². The van der Waals surface area contributed by atoms with Crippen LogP contribution in [0.25, 0.3) is 0 Å². The fourth-order valence-corrected chi connectivity index (χ4v) is 2.96. The Bertz CT molecular complexity index is 728. The monoisotopic (exact) mass is 327 g/mol. The van der Waals surface area contributed by atoms with E-state index in [2.05, 4.69) is 15.6 Å². The Morgan fingerprint density at radius 2 is 2.08 bits per heavy atom. The molecule has 2 atom stereocenters. The summed E-state index contributed by atoms with van der Waals surface area (Å²) >= 11 is 0. The van der Waals surface area contributed by atoms with Gasteiger partial charge in [-0.05, 0) is 25.5 Å². The molecule has 2 N–H and O–H groups in total. The maximum atomic E-state index is 12.6. The summed E-state index contributed by atoms with van der Waals surface area (Å²) in [5.74, 6) is 0.669. The van der Waals surface area contributed by atoms with Crippen LogP contribution < -0.4 is 15.5 Å². The minimum absolute atomic E-state index is 0.0414. The van der Waals surface area contributed by atoms with Gasteiger partial charge in [-0.3, -0.25) is 4.79 Å². The van der Waals surface area contributed by atoms with Crippen LogP contribution in [-0.4, -0.2) is 33.6 Å². The molecule has 7 nitrogen and oxygen atoms in total. The van der Waals surface area contributed by atoms with E-state index in [1.54, 1.807) is 11.1 Å². The Labute approximate surface area is 140 Å². The molecule has 0 bridgehead atoms. The lowest BCUT2D eigenvalue weighted by Crippen LogP contribution is -2.46.